The van der Waals surface area contributed by atoms with E-state index in [2.05, 4.69) is 12.2 Å². The molecule has 0 radical (unpaired) electrons. The van der Waals surface area contributed by atoms with Crippen LogP contribution in [0.1, 0.15) is 30.0 Å². The van der Waals surface area contributed by atoms with E-state index in [0.717, 1.165) is 17.1 Å². The second kappa shape index (κ2) is 5.79. The maximum absolute atomic E-state index is 6.13. The zero-order valence-electron chi connectivity index (χ0n) is 10.3. The average Bonchev–Trinajstić information content (AvgIpc) is 2.77. The van der Waals surface area contributed by atoms with Gasteiger partial charge in [-0.1, -0.05) is 35.3 Å². The first kappa shape index (κ1) is 13.5. The van der Waals surface area contributed by atoms with Crippen LogP contribution < -0.4 is 5.32 Å². The predicted molar refractivity (Wildman–Crippen MR) is 75.2 cm³/mol. The molecular weight excluding hydrogens is 269 g/mol. The summed E-state index contributed by atoms with van der Waals surface area (Å²) in [5, 5.41) is 4.55. The first-order valence-electron chi connectivity index (χ1n) is 5.80. The van der Waals surface area contributed by atoms with Gasteiger partial charge >= 0.3 is 0 Å². The summed E-state index contributed by atoms with van der Waals surface area (Å²) < 4.78 is 5.57. The monoisotopic (exact) mass is 283 g/mol. The summed E-state index contributed by atoms with van der Waals surface area (Å²) in [7, 11) is 0. The number of hydrogen-bond donors (Lipinski definition) is 1. The van der Waals surface area contributed by atoms with Crippen LogP contribution in [0.25, 0.3) is 0 Å². The molecule has 1 heterocycles. The van der Waals surface area contributed by atoms with Crippen LogP contribution >= 0.6 is 23.2 Å². The third kappa shape index (κ3) is 3.08. The molecular formula is C14H15Cl2NO. The Morgan fingerprint density at radius 1 is 1.22 bits per heavy atom. The topological polar surface area (TPSA) is 25.2 Å². The van der Waals surface area contributed by atoms with Gasteiger partial charge in [-0.25, -0.2) is 0 Å². The molecule has 0 spiro atoms. The Morgan fingerprint density at radius 2 is 2.00 bits per heavy atom. The summed E-state index contributed by atoms with van der Waals surface area (Å²) in [4.78, 5) is 0. The van der Waals surface area contributed by atoms with E-state index in [0.29, 0.717) is 16.6 Å². The number of furan rings is 1. The molecule has 1 aromatic heterocycles. The first-order valence-corrected chi connectivity index (χ1v) is 6.56. The van der Waals surface area contributed by atoms with Crippen molar-refractivity contribution in [3.63, 3.8) is 0 Å². The minimum atomic E-state index is 0.133. The van der Waals surface area contributed by atoms with Gasteiger partial charge in [0.15, 0.2) is 0 Å². The molecule has 1 aromatic carbocycles. The highest BCUT2D eigenvalue weighted by Crippen LogP contribution is 2.26. The molecule has 96 valence electrons. The van der Waals surface area contributed by atoms with Gasteiger partial charge in [-0.3, -0.25) is 0 Å². The van der Waals surface area contributed by atoms with E-state index >= 15 is 0 Å². The van der Waals surface area contributed by atoms with Crippen LogP contribution in [0.4, 0.5) is 0 Å². The minimum absolute atomic E-state index is 0.133. The van der Waals surface area contributed by atoms with Crippen molar-refractivity contribution < 1.29 is 4.42 Å². The van der Waals surface area contributed by atoms with Gasteiger partial charge in [0, 0.05) is 6.54 Å². The van der Waals surface area contributed by atoms with Crippen molar-refractivity contribution in [1.82, 2.24) is 5.32 Å². The summed E-state index contributed by atoms with van der Waals surface area (Å²) in [6.45, 7) is 4.64. The second-order valence-corrected chi connectivity index (χ2v) is 5.05. The van der Waals surface area contributed by atoms with E-state index in [4.69, 9.17) is 27.6 Å². The van der Waals surface area contributed by atoms with E-state index in [1.54, 1.807) is 6.07 Å². The molecule has 0 fully saturated rings. The molecule has 2 nitrogen and oxygen atoms in total. The molecule has 18 heavy (non-hydrogen) atoms. The lowest BCUT2D eigenvalue weighted by Gasteiger charge is -2.12. The van der Waals surface area contributed by atoms with Crippen molar-refractivity contribution in [3.05, 3.63) is 57.5 Å². The predicted octanol–water partition coefficient (Wildman–Crippen LogP) is 4.75. The Kier molecular flexibility index (Phi) is 4.33. The Balaban J connectivity index is 2.01. The standard InChI is InChI=1S/C14H15Cl2NO/c1-9-6-7-13(18-9)10(2)17-8-11-4-3-5-12(15)14(11)16/h3-7,10,17H,8H2,1-2H3. The third-order valence-electron chi connectivity index (χ3n) is 2.82. The number of aryl methyl sites for hydroxylation is 1. The van der Waals surface area contributed by atoms with Crippen molar-refractivity contribution in [3.8, 4) is 0 Å². The Hall–Kier alpha value is -0.960. The fraction of sp³-hybridized carbons (Fsp3) is 0.286. The smallest absolute Gasteiger partial charge is 0.120 e. The molecule has 0 aliphatic heterocycles. The van der Waals surface area contributed by atoms with E-state index in [1.807, 2.05) is 31.2 Å². The molecule has 0 saturated carbocycles. The molecule has 0 bridgehead atoms. The number of benzene rings is 1. The molecule has 1 atom stereocenters. The molecule has 2 aromatic rings. The third-order valence-corrected chi connectivity index (χ3v) is 3.68. The Morgan fingerprint density at radius 3 is 2.67 bits per heavy atom. The summed E-state index contributed by atoms with van der Waals surface area (Å²) in [6.07, 6.45) is 0. The van der Waals surface area contributed by atoms with E-state index in [-0.39, 0.29) is 6.04 Å². The molecule has 1 unspecified atom stereocenters. The van der Waals surface area contributed by atoms with Crippen LogP contribution in [-0.2, 0) is 6.54 Å². The van der Waals surface area contributed by atoms with Crippen LogP contribution in [0.5, 0.6) is 0 Å². The zero-order chi connectivity index (χ0) is 13.1. The van der Waals surface area contributed by atoms with Gasteiger partial charge in [0.05, 0.1) is 16.1 Å². The van der Waals surface area contributed by atoms with Crippen LogP contribution in [0.15, 0.2) is 34.7 Å². The summed E-state index contributed by atoms with van der Waals surface area (Å²) in [5.74, 6) is 1.84. The molecule has 0 aliphatic rings. The molecule has 1 N–H and O–H groups in total. The van der Waals surface area contributed by atoms with E-state index in [1.165, 1.54) is 0 Å². The SMILES string of the molecule is Cc1ccc(C(C)NCc2cccc(Cl)c2Cl)o1. The van der Waals surface area contributed by atoms with E-state index in [9.17, 15) is 0 Å². The van der Waals surface area contributed by atoms with Gasteiger partial charge in [-0.05, 0) is 37.6 Å². The molecule has 2 rings (SSSR count). The fourth-order valence-electron chi connectivity index (χ4n) is 1.73. The second-order valence-electron chi connectivity index (χ2n) is 4.26. The normalized spacial score (nSPS) is 12.7. The van der Waals surface area contributed by atoms with Gasteiger partial charge < -0.3 is 9.73 Å². The van der Waals surface area contributed by atoms with Crippen molar-refractivity contribution in [2.45, 2.75) is 26.4 Å². The maximum atomic E-state index is 6.13. The van der Waals surface area contributed by atoms with Crippen molar-refractivity contribution >= 4 is 23.2 Å². The van der Waals surface area contributed by atoms with Gasteiger partial charge in [0.25, 0.3) is 0 Å². The highest BCUT2D eigenvalue weighted by molar-refractivity contribution is 6.42. The van der Waals surface area contributed by atoms with Crippen LogP contribution in [-0.4, -0.2) is 0 Å². The number of hydrogen-bond acceptors (Lipinski definition) is 2. The minimum Gasteiger partial charge on any atom is -0.465 e. The number of nitrogens with one attached hydrogen (secondary N) is 1. The van der Waals surface area contributed by atoms with Crippen molar-refractivity contribution in [2.75, 3.05) is 0 Å². The molecule has 0 amide bonds. The number of rotatable bonds is 4. The van der Waals surface area contributed by atoms with Crippen molar-refractivity contribution in [2.24, 2.45) is 0 Å². The summed E-state index contributed by atoms with van der Waals surface area (Å²) >= 11 is 12.1. The fourth-order valence-corrected chi connectivity index (χ4v) is 2.12. The first-order chi connectivity index (χ1) is 8.58. The van der Waals surface area contributed by atoms with Crippen LogP contribution in [0.3, 0.4) is 0 Å². The van der Waals surface area contributed by atoms with Gasteiger partial charge in [0.1, 0.15) is 11.5 Å². The number of halogens is 2. The average molecular weight is 284 g/mol. The highest BCUT2D eigenvalue weighted by atomic mass is 35.5. The van der Waals surface area contributed by atoms with Gasteiger partial charge in [0.2, 0.25) is 0 Å². The lowest BCUT2D eigenvalue weighted by Crippen LogP contribution is -2.17. The summed E-state index contributed by atoms with van der Waals surface area (Å²) in [6, 6.07) is 9.71. The van der Waals surface area contributed by atoms with Crippen LogP contribution in [0.2, 0.25) is 10.0 Å². The largest absolute Gasteiger partial charge is 0.465 e. The molecule has 0 aliphatic carbocycles. The quantitative estimate of drug-likeness (QED) is 0.876. The molecule has 0 saturated heterocycles. The molecule has 4 heteroatoms. The van der Waals surface area contributed by atoms with Gasteiger partial charge in [-0.2, -0.15) is 0 Å². The van der Waals surface area contributed by atoms with Gasteiger partial charge in [-0.15, -0.1) is 0 Å². The van der Waals surface area contributed by atoms with Crippen molar-refractivity contribution in [1.29, 1.82) is 0 Å². The maximum Gasteiger partial charge on any atom is 0.120 e. The lowest BCUT2D eigenvalue weighted by atomic mass is 10.2. The lowest BCUT2D eigenvalue weighted by molar-refractivity contribution is 0.416. The Bertz CT molecular complexity index is 536. The highest BCUT2D eigenvalue weighted by Gasteiger charge is 2.10. The Labute approximate surface area is 117 Å². The van der Waals surface area contributed by atoms with E-state index < -0.39 is 0 Å². The summed E-state index contributed by atoms with van der Waals surface area (Å²) in [5.41, 5.74) is 0.985. The zero-order valence-corrected chi connectivity index (χ0v) is 11.8. The van der Waals surface area contributed by atoms with Crippen LogP contribution in [0, 0.1) is 6.92 Å².